The Labute approximate surface area is 204 Å². The highest BCUT2D eigenvalue weighted by molar-refractivity contribution is 9.10. The quantitative estimate of drug-likeness (QED) is 0.223. The molecule has 3 rings (SSSR count). The smallest absolute Gasteiger partial charge is 0.218 e. The number of pyridine rings is 1. The number of nitrogens with zero attached hydrogens (tertiary/aromatic N) is 1. The van der Waals surface area contributed by atoms with Gasteiger partial charge in [-0.25, -0.2) is 4.98 Å². The van der Waals surface area contributed by atoms with E-state index in [0.717, 1.165) is 17.3 Å². The molecule has 0 atom stereocenters. The van der Waals surface area contributed by atoms with Gasteiger partial charge in [0.05, 0.1) is 71.8 Å². The second kappa shape index (κ2) is 15.9. The number of ether oxygens (including phenoxy) is 6. The lowest BCUT2D eigenvalue weighted by molar-refractivity contribution is -0.0309. The van der Waals surface area contributed by atoms with Crippen LogP contribution in [0.25, 0.3) is 0 Å². The van der Waals surface area contributed by atoms with Gasteiger partial charge in [-0.3, -0.25) is 0 Å². The van der Waals surface area contributed by atoms with Gasteiger partial charge in [0.15, 0.2) is 0 Å². The third kappa shape index (κ3) is 11.2. The van der Waals surface area contributed by atoms with Crippen molar-refractivity contribution in [3.63, 3.8) is 0 Å². The third-order valence-electron chi connectivity index (χ3n) is 4.84. The summed E-state index contributed by atoms with van der Waals surface area (Å²) in [5.74, 6) is 0.588. The molecule has 0 N–H and O–H groups in total. The van der Waals surface area contributed by atoms with Crippen molar-refractivity contribution in [1.82, 2.24) is 4.98 Å². The van der Waals surface area contributed by atoms with Gasteiger partial charge in [-0.15, -0.1) is 0 Å². The Bertz CT molecular complexity index is 794. The normalized spacial score (nSPS) is 15.3. The van der Waals surface area contributed by atoms with E-state index < -0.39 is 0 Å². The maximum Gasteiger partial charge on any atom is 0.218 e. The molecule has 1 heterocycles. The Morgan fingerprint density at radius 3 is 2.06 bits per heavy atom. The molecule has 0 bridgehead atoms. The number of benzene rings is 1. The second-order valence-electron chi connectivity index (χ2n) is 7.48. The number of hydrogen-bond donors (Lipinski definition) is 0. The summed E-state index contributed by atoms with van der Waals surface area (Å²) in [7, 11) is 0. The molecular weight excluding hydrogens is 490 g/mol. The van der Waals surface area contributed by atoms with Crippen molar-refractivity contribution >= 4 is 15.9 Å². The number of aromatic nitrogens is 1. The summed E-state index contributed by atoms with van der Waals surface area (Å²) in [6.45, 7) is 5.09. The van der Waals surface area contributed by atoms with Gasteiger partial charge in [-0.1, -0.05) is 30.3 Å². The molecule has 2 aromatic rings. The zero-order valence-electron chi connectivity index (χ0n) is 18.8. The van der Waals surface area contributed by atoms with E-state index in [-0.39, 0.29) is 6.10 Å². The molecule has 0 saturated heterocycles. The van der Waals surface area contributed by atoms with Gasteiger partial charge < -0.3 is 28.4 Å². The van der Waals surface area contributed by atoms with E-state index in [1.807, 2.05) is 42.5 Å². The summed E-state index contributed by atoms with van der Waals surface area (Å²) < 4.78 is 34.3. The Hall–Kier alpha value is -1.81. The van der Waals surface area contributed by atoms with Crippen LogP contribution < -0.4 is 4.74 Å². The van der Waals surface area contributed by atoms with Gasteiger partial charge in [0, 0.05) is 16.7 Å². The van der Waals surface area contributed by atoms with Crippen molar-refractivity contribution in [3.05, 3.63) is 70.5 Å². The fraction of sp³-hybridized carbons (Fsp3) is 0.480. The SMILES string of the molecule is Brc1ccc(OC=C2CC(OCCOCCOCCOCCOCc3ccccc3)C2)nc1. The lowest BCUT2D eigenvalue weighted by atomic mass is 9.90. The van der Waals surface area contributed by atoms with Gasteiger partial charge in [-0.2, -0.15) is 0 Å². The lowest BCUT2D eigenvalue weighted by Crippen LogP contribution is -2.26. The molecule has 180 valence electrons. The highest BCUT2D eigenvalue weighted by Gasteiger charge is 2.24. The zero-order valence-corrected chi connectivity index (χ0v) is 20.4. The molecule has 0 spiro atoms. The van der Waals surface area contributed by atoms with Crippen molar-refractivity contribution in [1.29, 1.82) is 0 Å². The minimum Gasteiger partial charge on any atom is -0.447 e. The van der Waals surface area contributed by atoms with E-state index in [4.69, 9.17) is 28.4 Å². The average Bonchev–Trinajstić information content (AvgIpc) is 2.81. The molecule has 1 aliphatic rings. The van der Waals surface area contributed by atoms with Crippen molar-refractivity contribution in [3.8, 4) is 5.88 Å². The molecule has 1 fully saturated rings. The van der Waals surface area contributed by atoms with E-state index in [1.165, 1.54) is 11.1 Å². The predicted octanol–water partition coefficient (Wildman–Crippen LogP) is 4.55. The first-order chi connectivity index (χ1) is 16.3. The van der Waals surface area contributed by atoms with E-state index in [2.05, 4.69) is 20.9 Å². The second-order valence-corrected chi connectivity index (χ2v) is 8.40. The van der Waals surface area contributed by atoms with Crippen LogP contribution in [0.15, 0.2) is 65.0 Å². The van der Waals surface area contributed by atoms with Crippen LogP contribution in [0.1, 0.15) is 18.4 Å². The number of halogens is 1. The fourth-order valence-electron chi connectivity index (χ4n) is 3.01. The maximum absolute atomic E-state index is 5.78. The highest BCUT2D eigenvalue weighted by atomic mass is 79.9. The average molecular weight is 522 g/mol. The van der Waals surface area contributed by atoms with Crippen LogP contribution in [0.4, 0.5) is 0 Å². The summed E-state index contributed by atoms with van der Waals surface area (Å²) in [6, 6.07) is 13.8. The molecule has 33 heavy (non-hydrogen) atoms. The molecule has 7 nitrogen and oxygen atoms in total. The molecule has 1 aromatic heterocycles. The monoisotopic (exact) mass is 521 g/mol. The van der Waals surface area contributed by atoms with E-state index in [0.29, 0.717) is 65.3 Å². The Kier molecular flexibility index (Phi) is 12.5. The van der Waals surface area contributed by atoms with E-state index in [1.54, 1.807) is 12.5 Å². The van der Waals surface area contributed by atoms with E-state index >= 15 is 0 Å². The molecule has 0 radical (unpaired) electrons. The van der Waals surface area contributed by atoms with Gasteiger partial charge in [0.1, 0.15) is 0 Å². The topological polar surface area (TPSA) is 68.3 Å². The number of hydrogen-bond acceptors (Lipinski definition) is 7. The molecule has 0 amide bonds. The summed E-state index contributed by atoms with van der Waals surface area (Å²) in [5, 5.41) is 0. The van der Waals surface area contributed by atoms with Crippen molar-refractivity contribution in [2.45, 2.75) is 25.6 Å². The Morgan fingerprint density at radius 1 is 0.788 bits per heavy atom. The summed E-state index contributed by atoms with van der Waals surface area (Å²) in [6.07, 6.45) is 5.50. The molecule has 8 heteroatoms. The zero-order chi connectivity index (χ0) is 23.0. The van der Waals surface area contributed by atoms with Crippen molar-refractivity contribution < 1.29 is 28.4 Å². The van der Waals surface area contributed by atoms with Gasteiger partial charge in [-0.05, 0) is 46.0 Å². The largest absolute Gasteiger partial charge is 0.447 e. The molecule has 0 aliphatic heterocycles. The van der Waals surface area contributed by atoms with Crippen LogP contribution >= 0.6 is 15.9 Å². The minimum absolute atomic E-state index is 0.242. The Morgan fingerprint density at radius 2 is 1.42 bits per heavy atom. The maximum atomic E-state index is 5.78. The van der Waals surface area contributed by atoms with Crippen LogP contribution in [0.3, 0.4) is 0 Å². The first kappa shape index (κ1) is 25.8. The summed E-state index contributed by atoms with van der Waals surface area (Å²) in [4.78, 5) is 4.17. The standard InChI is InChI=1S/C25H32BrNO6/c26-23-6-7-25(27-18-23)33-20-22-16-24(17-22)32-15-14-30-11-10-28-8-9-29-12-13-31-19-21-4-2-1-3-5-21/h1-7,18,20,24H,8-17,19H2. The van der Waals surface area contributed by atoms with Crippen LogP contribution in [0.5, 0.6) is 5.88 Å². The fourth-order valence-corrected chi connectivity index (χ4v) is 3.25. The summed E-state index contributed by atoms with van der Waals surface area (Å²) in [5.41, 5.74) is 2.39. The van der Waals surface area contributed by atoms with Crippen LogP contribution in [-0.2, 0) is 30.3 Å². The van der Waals surface area contributed by atoms with Gasteiger partial charge >= 0.3 is 0 Å². The van der Waals surface area contributed by atoms with E-state index in [9.17, 15) is 0 Å². The Balaban J connectivity index is 1.04. The molecule has 1 saturated carbocycles. The lowest BCUT2D eigenvalue weighted by Gasteiger charge is -2.28. The first-order valence-electron chi connectivity index (χ1n) is 11.2. The van der Waals surface area contributed by atoms with Crippen LogP contribution in [-0.4, -0.2) is 63.9 Å². The molecule has 1 aromatic carbocycles. The molecular formula is C25H32BrNO6. The van der Waals surface area contributed by atoms with Crippen molar-refractivity contribution in [2.75, 3.05) is 52.9 Å². The van der Waals surface area contributed by atoms with Crippen LogP contribution in [0, 0.1) is 0 Å². The van der Waals surface area contributed by atoms with Gasteiger partial charge in [0.25, 0.3) is 0 Å². The van der Waals surface area contributed by atoms with Gasteiger partial charge in [0.2, 0.25) is 5.88 Å². The molecule has 0 unspecified atom stereocenters. The predicted molar refractivity (Wildman–Crippen MR) is 128 cm³/mol. The third-order valence-corrected chi connectivity index (χ3v) is 5.30. The highest BCUT2D eigenvalue weighted by Crippen LogP contribution is 2.29. The molecule has 1 aliphatic carbocycles. The summed E-state index contributed by atoms with van der Waals surface area (Å²) >= 11 is 3.35. The van der Waals surface area contributed by atoms with Crippen molar-refractivity contribution in [2.24, 2.45) is 0 Å². The first-order valence-corrected chi connectivity index (χ1v) is 12.0. The number of rotatable bonds is 17. The minimum atomic E-state index is 0.242. The van der Waals surface area contributed by atoms with Crippen LogP contribution in [0.2, 0.25) is 0 Å².